The Bertz CT molecular complexity index is 885. The highest BCUT2D eigenvalue weighted by atomic mass is 32.2. The average Bonchev–Trinajstić information content (AvgIpc) is 2.91. The van der Waals surface area contributed by atoms with Gasteiger partial charge >= 0.3 is 0 Å². The summed E-state index contributed by atoms with van der Waals surface area (Å²) in [5.41, 5.74) is 1.68. The van der Waals surface area contributed by atoms with Crippen molar-refractivity contribution in [2.75, 3.05) is 18.6 Å². The lowest BCUT2D eigenvalue weighted by Gasteiger charge is -2.16. The van der Waals surface area contributed by atoms with E-state index >= 15 is 0 Å². The Hall–Kier alpha value is -2.16. The molecule has 3 rings (SSSR count). The van der Waals surface area contributed by atoms with Crippen LogP contribution in [0.2, 0.25) is 0 Å². The number of methoxy groups -OCH3 is 1. The number of halogens is 1. The molecule has 0 amide bonds. The van der Waals surface area contributed by atoms with E-state index < -0.39 is 22.0 Å². The van der Waals surface area contributed by atoms with Gasteiger partial charge in [-0.05, 0) is 35.4 Å². The first-order valence-corrected chi connectivity index (χ1v) is 10.3. The van der Waals surface area contributed by atoms with Crippen LogP contribution in [0.3, 0.4) is 0 Å². The maximum absolute atomic E-state index is 13.0. The molecule has 6 nitrogen and oxygen atoms in total. The smallest absolute Gasteiger partial charge is 0.161 e. The summed E-state index contributed by atoms with van der Waals surface area (Å²) in [6, 6.07) is 11.0. The van der Waals surface area contributed by atoms with Gasteiger partial charge in [0.15, 0.2) is 21.3 Å². The van der Waals surface area contributed by atoms with Crippen LogP contribution in [0.4, 0.5) is 4.39 Å². The topological polar surface area (TPSA) is 84.9 Å². The van der Waals surface area contributed by atoms with Crippen LogP contribution < -0.4 is 14.8 Å². The van der Waals surface area contributed by atoms with E-state index in [0.717, 1.165) is 11.1 Å². The van der Waals surface area contributed by atoms with Gasteiger partial charge in [-0.15, -0.1) is 0 Å². The fourth-order valence-corrected chi connectivity index (χ4v) is 4.73. The van der Waals surface area contributed by atoms with Crippen molar-refractivity contribution in [3.63, 3.8) is 0 Å². The fourth-order valence-electron chi connectivity index (χ4n) is 2.96. The largest absolute Gasteiger partial charge is 0.493 e. The van der Waals surface area contributed by atoms with E-state index in [9.17, 15) is 17.9 Å². The van der Waals surface area contributed by atoms with Gasteiger partial charge < -0.3 is 19.9 Å². The minimum atomic E-state index is -3.19. The normalized spacial score (nSPS) is 21.1. The molecule has 0 saturated carbocycles. The van der Waals surface area contributed by atoms with Gasteiger partial charge in [0.25, 0.3) is 0 Å². The van der Waals surface area contributed by atoms with Crippen molar-refractivity contribution in [3.05, 3.63) is 59.4 Å². The molecule has 1 aliphatic heterocycles. The molecule has 2 aromatic rings. The van der Waals surface area contributed by atoms with Crippen LogP contribution in [0, 0.1) is 5.82 Å². The third-order valence-corrected chi connectivity index (χ3v) is 6.14. The van der Waals surface area contributed by atoms with Crippen LogP contribution >= 0.6 is 0 Å². The van der Waals surface area contributed by atoms with Gasteiger partial charge in [0.05, 0.1) is 24.7 Å². The Kier molecular flexibility index (Phi) is 5.98. The molecule has 0 aromatic heterocycles. The lowest BCUT2D eigenvalue weighted by molar-refractivity contribution is 0.165. The van der Waals surface area contributed by atoms with Crippen molar-refractivity contribution >= 4 is 9.84 Å². The second kappa shape index (κ2) is 8.24. The van der Waals surface area contributed by atoms with E-state index in [1.54, 1.807) is 24.3 Å². The Labute approximate surface area is 157 Å². The number of aliphatic hydroxyl groups is 1. The maximum atomic E-state index is 13.0. The number of nitrogens with one attached hydrogen (secondary N) is 1. The number of hydrogen-bond acceptors (Lipinski definition) is 6. The zero-order valence-corrected chi connectivity index (χ0v) is 15.7. The zero-order valence-electron chi connectivity index (χ0n) is 14.9. The molecule has 1 saturated heterocycles. The van der Waals surface area contributed by atoms with Crippen molar-refractivity contribution in [1.82, 2.24) is 5.32 Å². The second-order valence-electron chi connectivity index (χ2n) is 6.53. The molecular formula is C19H22FNO5S. The van der Waals surface area contributed by atoms with Gasteiger partial charge in [-0.1, -0.05) is 18.2 Å². The monoisotopic (exact) mass is 395 g/mol. The number of sulfone groups is 1. The standard InChI is InChI=1S/C19H22FNO5S/c1-25-18-7-4-14(9-21-16-11-27(23,24)12-17(16)22)8-19(18)26-10-13-2-5-15(20)6-3-13/h2-8,16-17,21-22H,9-12H2,1H3/t16-,17-/m1/s1. The van der Waals surface area contributed by atoms with Crippen LogP contribution in [0.5, 0.6) is 11.5 Å². The highest BCUT2D eigenvalue weighted by molar-refractivity contribution is 7.91. The van der Waals surface area contributed by atoms with Crippen molar-refractivity contribution in [2.24, 2.45) is 0 Å². The van der Waals surface area contributed by atoms with Crippen LogP contribution in [-0.4, -0.2) is 44.3 Å². The molecule has 2 atom stereocenters. The summed E-state index contributed by atoms with van der Waals surface area (Å²) in [5, 5.41) is 12.9. The van der Waals surface area contributed by atoms with E-state index in [2.05, 4.69) is 5.32 Å². The lowest BCUT2D eigenvalue weighted by atomic mass is 10.1. The van der Waals surface area contributed by atoms with Gasteiger partial charge in [0.1, 0.15) is 12.4 Å². The third kappa shape index (κ3) is 5.18. The molecule has 146 valence electrons. The molecule has 1 aliphatic rings. The zero-order chi connectivity index (χ0) is 19.4. The Morgan fingerprint density at radius 2 is 1.81 bits per heavy atom. The number of benzene rings is 2. The molecule has 0 radical (unpaired) electrons. The molecule has 1 heterocycles. The summed E-state index contributed by atoms with van der Waals surface area (Å²) in [4.78, 5) is 0. The summed E-state index contributed by atoms with van der Waals surface area (Å²) < 4.78 is 47.3. The molecule has 8 heteroatoms. The van der Waals surface area contributed by atoms with E-state index in [1.165, 1.54) is 19.2 Å². The molecule has 0 unspecified atom stereocenters. The number of ether oxygens (including phenoxy) is 2. The number of aliphatic hydroxyl groups excluding tert-OH is 1. The number of hydrogen-bond donors (Lipinski definition) is 2. The SMILES string of the molecule is COc1ccc(CN[C@@H]2CS(=O)(=O)C[C@H]2O)cc1OCc1ccc(F)cc1. The fraction of sp³-hybridized carbons (Fsp3) is 0.368. The van der Waals surface area contributed by atoms with Gasteiger partial charge in [-0.3, -0.25) is 0 Å². The molecule has 2 N–H and O–H groups in total. The lowest BCUT2D eigenvalue weighted by Crippen LogP contribution is -2.38. The molecule has 0 aliphatic carbocycles. The summed E-state index contributed by atoms with van der Waals surface area (Å²) in [7, 11) is -1.65. The quantitative estimate of drug-likeness (QED) is 0.742. The minimum absolute atomic E-state index is 0.0712. The van der Waals surface area contributed by atoms with Crippen molar-refractivity contribution in [1.29, 1.82) is 0 Å². The van der Waals surface area contributed by atoms with Crippen molar-refractivity contribution < 1.29 is 27.4 Å². The van der Waals surface area contributed by atoms with Crippen molar-refractivity contribution in [2.45, 2.75) is 25.3 Å². The first-order chi connectivity index (χ1) is 12.9. The van der Waals surface area contributed by atoms with Gasteiger partial charge in [0, 0.05) is 12.6 Å². The van der Waals surface area contributed by atoms with Crippen LogP contribution in [0.15, 0.2) is 42.5 Å². The van der Waals surface area contributed by atoms with E-state index in [4.69, 9.17) is 9.47 Å². The Morgan fingerprint density at radius 3 is 2.44 bits per heavy atom. The van der Waals surface area contributed by atoms with E-state index in [0.29, 0.717) is 18.0 Å². The van der Waals surface area contributed by atoms with Gasteiger partial charge in [-0.2, -0.15) is 0 Å². The number of rotatable bonds is 7. The molecular weight excluding hydrogens is 373 g/mol. The molecule has 0 bridgehead atoms. The van der Waals surface area contributed by atoms with Gasteiger partial charge in [0.2, 0.25) is 0 Å². The average molecular weight is 395 g/mol. The van der Waals surface area contributed by atoms with Crippen molar-refractivity contribution in [3.8, 4) is 11.5 Å². The maximum Gasteiger partial charge on any atom is 0.161 e. The molecule has 27 heavy (non-hydrogen) atoms. The summed E-state index contributed by atoms with van der Waals surface area (Å²) in [5.74, 6) is 0.503. The molecule has 0 spiro atoms. The Balaban J connectivity index is 1.65. The first kappa shape index (κ1) is 19.6. The molecule has 2 aromatic carbocycles. The van der Waals surface area contributed by atoms with Crippen LogP contribution in [0.25, 0.3) is 0 Å². The minimum Gasteiger partial charge on any atom is -0.493 e. The summed E-state index contributed by atoms with van der Waals surface area (Å²) in [6.07, 6.45) is -0.901. The highest BCUT2D eigenvalue weighted by Gasteiger charge is 2.35. The summed E-state index contributed by atoms with van der Waals surface area (Å²) >= 11 is 0. The third-order valence-electron chi connectivity index (χ3n) is 4.43. The van der Waals surface area contributed by atoms with Crippen LogP contribution in [0.1, 0.15) is 11.1 Å². The van der Waals surface area contributed by atoms with Crippen LogP contribution in [-0.2, 0) is 23.0 Å². The molecule has 1 fully saturated rings. The van der Waals surface area contributed by atoms with Gasteiger partial charge in [-0.25, -0.2) is 12.8 Å². The Morgan fingerprint density at radius 1 is 1.11 bits per heavy atom. The summed E-state index contributed by atoms with van der Waals surface area (Å²) in [6.45, 7) is 0.640. The van der Waals surface area contributed by atoms with E-state index in [-0.39, 0.29) is 23.9 Å². The highest BCUT2D eigenvalue weighted by Crippen LogP contribution is 2.29. The first-order valence-electron chi connectivity index (χ1n) is 8.52. The predicted molar refractivity (Wildman–Crippen MR) is 99.0 cm³/mol. The second-order valence-corrected chi connectivity index (χ2v) is 8.69. The predicted octanol–water partition coefficient (Wildman–Crippen LogP) is 1.66. The van der Waals surface area contributed by atoms with E-state index in [1.807, 2.05) is 6.07 Å².